The number of thioether (sulfide) groups is 1. The quantitative estimate of drug-likeness (QED) is 0.755. The number of rotatable bonds is 3. The molecule has 1 saturated carbocycles. The number of nitrogens with one attached hydrogen (secondary N) is 1. The molecule has 1 amide bonds. The molecule has 2 aliphatic heterocycles. The predicted octanol–water partition coefficient (Wildman–Crippen LogP) is 1.51. The van der Waals surface area contributed by atoms with Crippen molar-refractivity contribution in [3.8, 4) is 0 Å². The summed E-state index contributed by atoms with van der Waals surface area (Å²) in [5.41, 5.74) is 0.293. The van der Waals surface area contributed by atoms with E-state index in [1.165, 1.54) is 18.9 Å². The van der Waals surface area contributed by atoms with E-state index in [4.69, 9.17) is 4.74 Å². The van der Waals surface area contributed by atoms with E-state index in [9.17, 15) is 18.0 Å². The van der Waals surface area contributed by atoms with Crippen molar-refractivity contribution in [1.29, 1.82) is 0 Å². The number of carbonyl (C=O) groups is 2. The first-order valence-electron chi connectivity index (χ1n) is 8.67. The average molecular weight is 409 g/mol. The van der Waals surface area contributed by atoms with Crippen LogP contribution in [0.2, 0.25) is 0 Å². The molecule has 0 bridgehead atoms. The Balaban J connectivity index is 1.59. The van der Waals surface area contributed by atoms with Crippen molar-refractivity contribution in [2.45, 2.75) is 36.1 Å². The molecule has 1 aromatic carbocycles. The maximum Gasteiger partial charge on any atom is 0.331 e. The third-order valence-corrected chi connectivity index (χ3v) is 7.43. The van der Waals surface area contributed by atoms with E-state index in [1.54, 1.807) is 18.2 Å². The number of fused-ring (bicyclic) bond motifs is 3. The lowest BCUT2D eigenvalue weighted by molar-refractivity contribution is -0.148. The molecule has 0 aromatic heterocycles. The van der Waals surface area contributed by atoms with Crippen LogP contribution in [-0.4, -0.2) is 50.4 Å². The van der Waals surface area contributed by atoms with Crippen LogP contribution in [0.3, 0.4) is 0 Å². The van der Waals surface area contributed by atoms with Crippen molar-refractivity contribution < 1.29 is 22.7 Å². The molecule has 0 atom stereocenters. The molecule has 27 heavy (non-hydrogen) atoms. The monoisotopic (exact) mass is 409 g/mol. The first kappa shape index (κ1) is 18.3. The number of carbonyl (C=O) groups excluding carboxylic acids is 2. The highest BCUT2D eigenvalue weighted by Gasteiger charge is 2.44. The van der Waals surface area contributed by atoms with Gasteiger partial charge in [0.05, 0.1) is 18.6 Å². The van der Waals surface area contributed by atoms with Crippen LogP contribution in [0.15, 0.2) is 27.5 Å². The van der Waals surface area contributed by atoms with Crippen molar-refractivity contribution >= 4 is 44.5 Å². The van der Waals surface area contributed by atoms with Crippen LogP contribution in [0.25, 0.3) is 0 Å². The molecule has 4 rings (SSSR count). The Labute approximate surface area is 161 Å². The zero-order valence-corrected chi connectivity index (χ0v) is 16.4. The Morgan fingerprint density at radius 2 is 2.04 bits per heavy atom. The van der Waals surface area contributed by atoms with E-state index in [2.05, 4.69) is 9.71 Å². The fourth-order valence-electron chi connectivity index (χ4n) is 3.72. The second-order valence-corrected chi connectivity index (χ2v) is 9.59. The second kappa shape index (κ2) is 6.52. The van der Waals surface area contributed by atoms with E-state index in [-0.39, 0.29) is 11.7 Å². The van der Waals surface area contributed by atoms with E-state index >= 15 is 0 Å². The van der Waals surface area contributed by atoms with Crippen LogP contribution >= 0.6 is 11.8 Å². The lowest BCUT2D eigenvalue weighted by Gasteiger charge is -2.27. The Kier molecular flexibility index (Phi) is 4.42. The molecule has 8 nitrogen and oxygen atoms in total. The first-order valence-corrected chi connectivity index (χ1v) is 11.1. The SMILES string of the molecule is COC(=O)C1(NC(=O)c2ccc3c(c2)SC2=NS(=O)(=O)CCN23)CCCC1. The van der Waals surface area contributed by atoms with Gasteiger partial charge in [0.2, 0.25) is 0 Å². The normalized spacial score (nSPS) is 21.8. The first-order chi connectivity index (χ1) is 12.8. The van der Waals surface area contributed by atoms with Crippen LogP contribution in [0.1, 0.15) is 36.0 Å². The van der Waals surface area contributed by atoms with Gasteiger partial charge in [0.15, 0.2) is 5.17 Å². The Bertz CT molecular complexity index is 951. The fraction of sp³-hybridized carbons (Fsp3) is 0.471. The van der Waals surface area contributed by atoms with Crippen LogP contribution in [0.4, 0.5) is 5.69 Å². The van der Waals surface area contributed by atoms with Gasteiger partial charge in [-0.05, 0) is 42.8 Å². The van der Waals surface area contributed by atoms with Gasteiger partial charge in [0.25, 0.3) is 15.9 Å². The zero-order chi connectivity index (χ0) is 19.2. The number of amides is 1. The molecular formula is C17H19N3O5S2. The summed E-state index contributed by atoms with van der Waals surface area (Å²) >= 11 is 1.23. The molecule has 2 heterocycles. The highest BCUT2D eigenvalue weighted by atomic mass is 32.2. The average Bonchev–Trinajstić information content (AvgIpc) is 3.23. The van der Waals surface area contributed by atoms with Gasteiger partial charge in [-0.2, -0.15) is 0 Å². The molecule has 144 valence electrons. The molecule has 1 N–H and O–H groups in total. The Hall–Kier alpha value is -2.07. The summed E-state index contributed by atoms with van der Waals surface area (Å²) in [5.74, 6) is -0.786. The molecule has 0 radical (unpaired) electrons. The molecule has 1 aliphatic carbocycles. The second-order valence-electron chi connectivity index (χ2n) is 6.83. The van der Waals surface area contributed by atoms with Gasteiger partial charge >= 0.3 is 5.97 Å². The summed E-state index contributed by atoms with van der Waals surface area (Å²) in [6.45, 7) is 0.345. The van der Waals surface area contributed by atoms with Gasteiger partial charge in [-0.15, -0.1) is 4.40 Å². The van der Waals surface area contributed by atoms with Gasteiger partial charge in [-0.3, -0.25) is 4.79 Å². The largest absolute Gasteiger partial charge is 0.467 e. The van der Waals surface area contributed by atoms with Crippen LogP contribution in [0, 0.1) is 0 Å². The van der Waals surface area contributed by atoms with Crippen molar-refractivity contribution in [1.82, 2.24) is 5.32 Å². The van der Waals surface area contributed by atoms with Gasteiger partial charge in [0, 0.05) is 17.0 Å². The number of hydrogen-bond donors (Lipinski definition) is 1. The van der Waals surface area contributed by atoms with Crippen LogP contribution in [0.5, 0.6) is 0 Å². The molecule has 10 heteroatoms. The summed E-state index contributed by atoms with van der Waals surface area (Å²) < 4.78 is 32.1. The van der Waals surface area contributed by atoms with Gasteiger partial charge < -0.3 is 15.0 Å². The highest BCUT2D eigenvalue weighted by molar-refractivity contribution is 8.15. The summed E-state index contributed by atoms with van der Waals surface area (Å²) in [4.78, 5) is 27.6. The van der Waals surface area contributed by atoms with E-state index in [0.29, 0.717) is 30.1 Å². The molecule has 0 unspecified atom stereocenters. The summed E-state index contributed by atoms with van der Waals surface area (Å²) in [6, 6.07) is 5.18. The number of nitrogens with zero attached hydrogens (tertiary/aromatic N) is 2. The number of sulfonamides is 1. The van der Waals surface area contributed by atoms with Crippen molar-refractivity contribution in [3.63, 3.8) is 0 Å². The molecule has 0 spiro atoms. The van der Waals surface area contributed by atoms with E-state index in [1.807, 2.05) is 4.90 Å². The number of hydrogen-bond acceptors (Lipinski definition) is 7. The molecule has 3 aliphatic rings. The van der Waals surface area contributed by atoms with E-state index in [0.717, 1.165) is 23.4 Å². The minimum Gasteiger partial charge on any atom is -0.467 e. The van der Waals surface area contributed by atoms with E-state index < -0.39 is 21.5 Å². The number of esters is 1. The number of anilines is 1. The molecular weight excluding hydrogens is 390 g/mol. The maximum absolute atomic E-state index is 12.8. The van der Waals surface area contributed by atoms with Crippen molar-refractivity contribution in [2.75, 3.05) is 24.3 Å². The molecule has 1 aromatic rings. The standard InChI is InChI=1S/C17H19N3O5S2/c1-25-15(22)17(6-2-3-7-17)18-14(21)11-4-5-12-13(10-11)26-16-19-27(23,24)9-8-20(12)16/h4-5,10H,2-3,6-9H2,1H3,(H,18,21). The lowest BCUT2D eigenvalue weighted by Crippen LogP contribution is -2.53. The third kappa shape index (κ3) is 3.20. The predicted molar refractivity (Wildman–Crippen MR) is 102 cm³/mol. The lowest BCUT2D eigenvalue weighted by atomic mass is 9.97. The maximum atomic E-state index is 12.8. The number of amidine groups is 1. The minimum absolute atomic E-state index is 0.0274. The highest BCUT2D eigenvalue weighted by Crippen LogP contribution is 2.42. The van der Waals surface area contributed by atoms with Gasteiger partial charge in [-0.1, -0.05) is 12.8 Å². The van der Waals surface area contributed by atoms with Gasteiger partial charge in [-0.25, -0.2) is 13.2 Å². The summed E-state index contributed by atoms with van der Waals surface area (Å²) in [7, 11) is -2.10. The smallest absolute Gasteiger partial charge is 0.331 e. The Morgan fingerprint density at radius 3 is 2.74 bits per heavy atom. The number of benzene rings is 1. The van der Waals surface area contributed by atoms with Crippen molar-refractivity contribution in [2.24, 2.45) is 4.40 Å². The van der Waals surface area contributed by atoms with Crippen LogP contribution in [-0.2, 0) is 19.6 Å². The van der Waals surface area contributed by atoms with Crippen LogP contribution < -0.4 is 10.2 Å². The molecule has 0 saturated heterocycles. The third-order valence-electron chi connectivity index (χ3n) is 5.12. The summed E-state index contributed by atoms with van der Waals surface area (Å²) in [6.07, 6.45) is 2.85. The number of ether oxygens (including phenoxy) is 1. The fourth-order valence-corrected chi connectivity index (χ4v) is 6.01. The summed E-state index contributed by atoms with van der Waals surface area (Å²) in [5, 5.41) is 3.28. The number of methoxy groups -OCH3 is 1. The zero-order valence-electron chi connectivity index (χ0n) is 14.7. The topological polar surface area (TPSA) is 105 Å². The molecule has 1 fully saturated rings. The van der Waals surface area contributed by atoms with Gasteiger partial charge in [0.1, 0.15) is 5.54 Å². The Morgan fingerprint density at radius 1 is 1.30 bits per heavy atom. The minimum atomic E-state index is -3.42. The van der Waals surface area contributed by atoms with Crippen molar-refractivity contribution in [3.05, 3.63) is 23.8 Å².